The molecule has 1 aromatic carbocycles. The lowest BCUT2D eigenvalue weighted by molar-refractivity contribution is 0.0303. The fraction of sp³-hybridized carbons (Fsp3) is 0.421. The van der Waals surface area contributed by atoms with Crippen LogP contribution in [0.5, 0.6) is 0 Å². The lowest BCUT2D eigenvalue weighted by atomic mass is 10.1. The number of amides is 1. The highest BCUT2D eigenvalue weighted by Crippen LogP contribution is 2.31. The average molecular weight is 437 g/mol. The van der Waals surface area contributed by atoms with Crippen molar-refractivity contribution in [2.45, 2.75) is 4.21 Å². The molecular weight excluding hydrogens is 412 g/mol. The van der Waals surface area contributed by atoms with Crippen LogP contribution in [0.4, 0.5) is 11.4 Å². The van der Waals surface area contributed by atoms with Crippen molar-refractivity contribution < 1.29 is 17.9 Å². The van der Waals surface area contributed by atoms with Crippen molar-refractivity contribution in [1.29, 1.82) is 0 Å². The minimum absolute atomic E-state index is 0.114. The number of hydrogen-bond donors (Lipinski definition) is 2. The number of rotatable bonds is 5. The Kier molecular flexibility index (Phi) is 6.04. The van der Waals surface area contributed by atoms with E-state index >= 15 is 0 Å². The number of nitrogens with one attached hydrogen (secondary N) is 2. The minimum atomic E-state index is -3.72. The summed E-state index contributed by atoms with van der Waals surface area (Å²) in [7, 11) is -3.72. The molecule has 0 radical (unpaired) electrons. The number of anilines is 2. The topological polar surface area (TPSA) is 91.0 Å². The number of sulfonamides is 1. The smallest absolute Gasteiger partial charge is 0.271 e. The molecule has 1 amide bonds. The summed E-state index contributed by atoms with van der Waals surface area (Å²) in [6.45, 7) is 5.29. The van der Waals surface area contributed by atoms with E-state index in [-0.39, 0.29) is 10.1 Å². The Morgan fingerprint density at radius 2 is 1.86 bits per heavy atom. The summed E-state index contributed by atoms with van der Waals surface area (Å²) in [6.07, 6.45) is 0. The van der Waals surface area contributed by atoms with Crippen LogP contribution >= 0.6 is 11.3 Å². The number of ether oxygens (including phenoxy) is 1. The highest BCUT2D eigenvalue weighted by molar-refractivity contribution is 7.94. The summed E-state index contributed by atoms with van der Waals surface area (Å²) in [5.41, 5.74) is 1.68. The molecule has 2 fully saturated rings. The van der Waals surface area contributed by atoms with Gasteiger partial charge in [0.2, 0.25) is 0 Å². The molecule has 2 saturated heterocycles. The van der Waals surface area contributed by atoms with E-state index in [4.69, 9.17) is 4.74 Å². The van der Waals surface area contributed by atoms with E-state index in [9.17, 15) is 13.2 Å². The van der Waals surface area contributed by atoms with Gasteiger partial charge in [-0.2, -0.15) is 0 Å². The Hall–Kier alpha value is -2.14. The van der Waals surface area contributed by atoms with E-state index in [1.54, 1.807) is 34.5 Å². The first-order chi connectivity index (χ1) is 14.0. The molecule has 0 saturated carbocycles. The molecule has 0 unspecified atom stereocenters. The fourth-order valence-electron chi connectivity index (χ4n) is 3.49. The molecule has 2 aromatic rings. The van der Waals surface area contributed by atoms with Gasteiger partial charge < -0.3 is 19.9 Å². The third-order valence-corrected chi connectivity index (χ3v) is 7.77. The van der Waals surface area contributed by atoms with Crippen molar-refractivity contribution in [3.8, 4) is 0 Å². The fourth-order valence-corrected chi connectivity index (χ4v) is 5.55. The van der Waals surface area contributed by atoms with Gasteiger partial charge >= 0.3 is 0 Å². The zero-order valence-electron chi connectivity index (χ0n) is 16.0. The number of piperazine rings is 1. The zero-order chi connectivity index (χ0) is 20.3. The highest BCUT2D eigenvalue weighted by atomic mass is 32.2. The third kappa shape index (κ3) is 4.55. The number of nitrogens with zero attached hydrogens (tertiary/aromatic N) is 2. The normalized spacial score (nSPS) is 17.9. The molecule has 1 aromatic heterocycles. The number of morpholine rings is 1. The second-order valence-electron chi connectivity index (χ2n) is 6.91. The second kappa shape index (κ2) is 8.70. The van der Waals surface area contributed by atoms with Gasteiger partial charge in [-0.3, -0.25) is 9.52 Å². The van der Waals surface area contributed by atoms with Gasteiger partial charge in [-0.05, 0) is 29.6 Å². The van der Waals surface area contributed by atoms with Crippen LogP contribution in [0.25, 0.3) is 0 Å². The summed E-state index contributed by atoms with van der Waals surface area (Å²) in [6, 6.07) is 8.54. The summed E-state index contributed by atoms with van der Waals surface area (Å²) in [5, 5.41) is 5.02. The van der Waals surface area contributed by atoms with Crippen LogP contribution in [0.1, 0.15) is 10.4 Å². The Labute approximate surface area is 174 Å². The van der Waals surface area contributed by atoms with Crippen molar-refractivity contribution >= 4 is 38.6 Å². The van der Waals surface area contributed by atoms with Gasteiger partial charge in [-0.15, -0.1) is 11.3 Å². The van der Waals surface area contributed by atoms with E-state index in [1.165, 1.54) is 0 Å². The zero-order valence-corrected chi connectivity index (χ0v) is 17.6. The molecule has 4 rings (SSSR count). The molecule has 0 bridgehead atoms. The SMILES string of the molecule is O=C(c1ccc(N2CCNCC2)c(NS(=O)(=O)c2cccs2)c1)N1CCOCC1. The lowest BCUT2D eigenvalue weighted by Gasteiger charge is -2.32. The number of benzene rings is 1. The number of carbonyl (C=O) groups excluding carboxylic acids is 1. The Morgan fingerprint density at radius 3 is 2.55 bits per heavy atom. The monoisotopic (exact) mass is 436 g/mol. The van der Waals surface area contributed by atoms with Gasteiger partial charge in [0.15, 0.2) is 0 Å². The standard InChI is InChI=1S/C19H24N4O4S2/c24-19(23-9-11-27-12-10-23)15-3-4-17(22-7-5-20-6-8-22)16(14-15)21-29(25,26)18-2-1-13-28-18/h1-4,13-14,20-21H,5-12H2. The van der Waals surface area contributed by atoms with Crippen molar-refractivity contribution in [3.63, 3.8) is 0 Å². The maximum atomic E-state index is 12.9. The van der Waals surface area contributed by atoms with E-state index in [2.05, 4.69) is 14.9 Å². The molecule has 29 heavy (non-hydrogen) atoms. The van der Waals surface area contributed by atoms with Gasteiger partial charge in [0.25, 0.3) is 15.9 Å². The van der Waals surface area contributed by atoms with Crippen LogP contribution in [0.2, 0.25) is 0 Å². The predicted molar refractivity (Wildman–Crippen MR) is 113 cm³/mol. The Morgan fingerprint density at radius 1 is 1.10 bits per heavy atom. The van der Waals surface area contributed by atoms with Crippen LogP contribution in [0.15, 0.2) is 39.9 Å². The first-order valence-corrected chi connectivity index (χ1v) is 11.9. The molecule has 8 nitrogen and oxygen atoms in total. The molecule has 2 aliphatic rings. The van der Waals surface area contributed by atoms with Gasteiger partial charge in [-0.1, -0.05) is 6.07 Å². The first-order valence-electron chi connectivity index (χ1n) is 9.58. The van der Waals surface area contributed by atoms with Crippen LogP contribution in [-0.4, -0.2) is 71.7 Å². The molecule has 2 N–H and O–H groups in total. The number of thiophene rings is 1. The average Bonchev–Trinajstić information content (AvgIpc) is 3.30. The first kappa shape index (κ1) is 20.1. The maximum Gasteiger partial charge on any atom is 0.271 e. The molecular formula is C19H24N4O4S2. The summed E-state index contributed by atoms with van der Waals surface area (Å²) < 4.78 is 33.9. The van der Waals surface area contributed by atoms with E-state index in [0.29, 0.717) is 37.6 Å². The van der Waals surface area contributed by atoms with Gasteiger partial charge in [0.05, 0.1) is 24.6 Å². The summed E-state index contributed by atoms with van der Waals surface area (Å²) >= 11 is 1.16. The molecule has 156 valence electrons. The van der Waals surface area contributed by atoms with E-state index < -0.39 is 10.0 Å². The van der Waals surface area contributed by atoms with E-state index in [1.807, 2.05) is 6.07 Å². The lowest BCUT2D eigenvalue weighted by Crippen LogP contribution is -2.44. The highest BCUT2D eigenvalue weighted by Gasteiger charge is 2.24. The van der Waals surface area contributed by atoms with Crippen LogP contribution < -0.4 is 14.9 Å². The Balaban J connectivity index is 1.67. The number of carbonyl (C=O) groups is 1. The predicted octanol–water partition coefficient (Wildman–Crippen LogP) is 1.43. The van der Waals surface area contributed by atoms with Gasteiger partial charge in [0, 0.05) is 44.8 Å². The van der Waals surface area contributed by atoms with Crippen molar-refractivity contribution in [2.24, 2.45) is 0 Å². The number of hydrogen-bond acceptors (Lipinski definition) is 7. The molecule has 3 heterocycles. The maximum absolute atomic E-state index is 12.9. The summed E-state index contributed by atoms with van der Waals surface area (Å²) in [4.78, 5) is 16.8. The van der Waals surface area contributed by atoms with Crippen molar-refractivity contribution in [3.05, 3.63) is 41.3 Å². The second-order valence-corrected chi connectivity index (χ2v) is 9.77. The largest absolute Gasteiger partial charge is 0.378 e. The van der Waals surface area contributed by atoms with Gasteiger partial charge in [0.1, 0.15) is 4.21 Å². The van der Waals surface area contributed by atoms with Crippen LogP contribution in [0, 0.1) is 0 Å². The molecule has 0 spiro atoms. The van der Waals surface area contributed by atoms with Gasteiger partial charge in [-0.25, -0.2) is 8.42 Å². The Bertz CT molecular complexity index is 951. The van der Waals surface area contributed by atoms with Crippen molar-refractivity contribution in [2.75, 3.05) is 62.1 Å². The summed E-state index contributed by atoms with van der Waals surface area (Å²) in [5.74, 6) is -0.114. The molecule has 0 aliphatic carbocycles. The van der Waals surface area contributed by atoms with Crippen LogP contribution in [-0.2, 0) is 14.8 Å². The minimum Gasteiger partial charge on any atom is -0.378 e. The van der Waals surface area contributed by atoms with Crippen molar-refractivity contribution in [1.82, 2.24) is 10.2 Å². The van der Waals surface area contributed by atoms with Crippen LogP contribution in [0.3, 0.4) is 0 Å². The third-order valence-electron chi connectivity index (χ3n) is 5.00. The molecule has 10 heteroatoms. The van der Waals surface area contributed by atoms with E-state index in [0.717, 1.165) is 43.2 Å². The molecule has 2 aliphatic heterocycles. The quantitative estimate of drug-likeness (QED) is 0.737. The molecule has 0 atom stereocenters.